The fourth-order valence-corrected chi connectivity index (χ4v) is 1.71. The van der Waals surface area contributed by atoms with Gasteiger partial charge in [0.2, 0.25) is 5.91 Å². The molecular weight excluding hydrogens is 267 g/mol. The van der Waals surface area contributed by atoms with E-state index in [1.807, 2.05) is 0 Å². The molecule has 1 aliphatic rings. The highest BCUT2D eigenvalue weighted by atomic mass is 19.1. The highest BCUT2D eigenvalue weighted by molar-refractivity contribution is 6.37. The molecule has 0 spiro atoms. The molecule has 106 valence electrons. The molecule has 0 saturated carbocycles. The van der Waals surface area contributed by atoms with Crippen LogP contribution in [-0.4, -0.2) is 24.7 Å². The van der Waals surface area contributed by atoms with E-state index in [4.69, 9.17) is 9.47 Å². The molecule has 0 saturated heterocycles. The monoisotopic (exact) mass is 280 g/mol. The van der Waals surface area contributed by atoms with Gasteiger partial charge in [0.25, 0.3) is 0 Å². The van der Waals surface area contributed by atoms with Gasteiger partial charge in [-0.15, -0.1) is 0 Å². The molecule has 0 aromatic heterocycles. The third-order valence-corrected chi connectivity index (χ3v) is 2.74. The lowest BCUT2D eigenvalue weighted by Crippen LogP contribution is -2.30. The van der Waals surface area contributed by atoms with E-state index in [1.54, 1.807) is 0 Å². The first-order valence-corrected chi connectivity index (χ1v) is 5.95. The van der Waals surface area contributed by atoms with Gasteiger partial charge in [0, 0.05) is 18.4 Å². The molecule has 0 radical (unpaired) electrons. The average Bonchev–Trinajstić information content (AvgIpc) is 2.45. The molecule has 1 aromatic rings. The Labute approximate surface area is 114 Å². The Morgan fingerprint density at radius 3 is 2.90 bits per heavy atom. The van der Waals surface area contributed by atoms with E-state index < -0.39 is 11.8 Å². The molecule has 1 amide bonds. The smallest absolute Gasteiger partial charge is 0.354 e. The second-order valence-corrected chi connectivity index (χ2v) is 4.13. The van der Waals surface area contributed by atoms with Crippen LogP contribution in [0.5, 0.6) is 5.75 Å². The molecule has 0 aliphatic carbocycles. The van der Waals surface area contributed by atoms with E-state index in [0.717, 1.165) is 0 Å². The van der Waals surface area contributed by atoms with Crippen LogP contribution >= 0.6 is 0 Å². The van der Waals surface area contributed by atoms with Gasteiger partial charge in [0.15, 0.2) is 0 Å². The van der Waals surface area contributed by atoms with Gasteiger partial charge in [0.1, 0.15) is 23.9 Å². The van der Waals surface area contributed by atoms with Crippen molar-refractivity contribution in [2.75, 3.05) is 7.11 Å². The third-order valence-electron chi connectivity index (χ3n) is 2.74. The quantitative estimate of drug-likeness (QED) is 0.839. The zero-order chi connectivity index (χ0) is 14.5. The fraction of sp³-hybridized carbons (Fsp3) is 0.308. The van der Waals surface area contributed by atoms with Crippen LogP contribution < -0.4 is 10.2 Å². The number of hydrogen-bond acceptors (Lipinski definition) is 5. The van der Waals surface area contributed by atoms with Crippen LogP contribution in [0.3, 0.4) is 0 Å². The average molecular weight is 280 g/mol. The SMILES string of the molecule is COc1ccc(F)cc1COC(=O)C1=NNC(=O)CC1. The topological polar surface area (TPSA) is 77.0 Å². The van der Waals surface area contributed by atoms with Crippen molar-refractivity contribution in [3.8, 4) is 5.75 Å². The molecule has 1 heterocycles. The summed E-state index contributed by atoms with van der Waals surface area (Å²) in [6.45, 7) is -0.132. The van der Waals surface area contributed by atoms with E-state index in [1.165, 1.54) is 25.3 Å². The Balaban J connectivity index is 2.00. The van der Waals surface area contributed by atoms with Crippen molar-refractivity contribution in [2.45, 2.75) is 19.4 Å². The number of methoxy groups -OCH3 is 1. The maximum Gasteiger partial charge on any atom is 0.354 e. The van der Waals surface area contributed by atoms with E-state index in [9.17, 15) is 14.0 Å². The molecule has 6 nitrogen and oxygen atoms in total. The first kappa shape index (κ1) is 14.0. The summed E-state index contributed by atoms with van der Waals surface area (Å²) in [5.41, 5.74) is 2.76. The number of carbonyl (C=O) groups is 2. The molecule has 20 heavy (non-hydrogen) atoms. The summed E-state index contributed by atoms with van der Waals surface area (Å²) in [6, 6.07) is 3.94. The number of carbonyl (C=O) groups excluding carboxylic acids is 2. The minimum Gasteiger partial charge on any atom is -0.496 e. The van der Waals surface area contributed by atoms with E-state index in [-0.39, 0.29) is 31.1 Å². The second kappa shape index (κ2) is 6.14. The lowest BCUT2D eigenvalue weighted by Gasteiger charge is -2.12. The summed E-state index contributed by atoms with van der Waals surface area (Å²) < 4.78 is 23.2. The summed E-state index contributed by atoms with van der Waals surface area (Å²) in [4.78, 5) is 22.6. The van der Waals surface area contributed by atoms with Gasteiger partial charge >= 0.3 is 5.97 Å². The molecule has 0 bridgehead atoms. The minimum atomic E-state index is -0.642. The lowest BCUT2D eigenvalue weighted by molar-refractivity contribution is -0.137. The Kier molecular flexibility index (Phi) is 4.29. The van der Waals surface area contributed by atoms with Crippen LogP contribution in [0.15, 0.2) is 23.3 Å². The normalized spacial score (nSPS) is 14.3. The van der Waals surface area contributed by atoms with Crippen LogP contribution in [-0.2, 0) is 20.9 Å². The van der Waals surface area contributed by atoms with Crippen molar-refractivity contribution in [3.63, 3.8) is 0 Å². The maximum absolute atomic E-state index is 13.1. The van der Waals surface area contributed by atoms with Crippen LogP contribution in [0.2, 0.25) is 0 Å². The molecule has 7 heteroatoms. The number of hydrogen-bond donors (Lipinski definition) is 1. The van der Waals surface area contributed by atoms with Gasteiger partial charge in [-0.05, 0) is 18.2 Å². The number of benzene rings is 1. The number of ether oxygens (including phenoxy) is 2. The predicted molar refractivity (Wildman–Crippen MR) is 67.6 cm³/mol. The van der Waals surface area contributed by atoms with Gasteiger partial charge in [-0.3, -0.25) is 4.79 Å². The second-order valence-electron chi connectivity index (χ2n) is 4.13. The molecular formula is C13H13FN2O4. The van der Waals surface area contributed by atoms with Gasteiger partial charge in [-0.2, -0.15) is 5.10 Å². The number of hydrazone groups is 1. The van der Waals surface area contributed by atoms with Crippen molar-refractivity contribution in [1.82, 2.24) is 5.43 Å². The van der Waals surface area contributed by atoms with Gasteiger partial charge in [-0.1, -0.05) is 0 Å². The summed E-state index contributed by atoms with van der Waals surface area (Å²) in [6.07, 6.45) is 0.419. The summed E-state index contributed by atoms with van der Waals surface area (Å²) >= 11 is 0. The molecule has 0 unspecified atom stereocenters. The summed E-state index contributed by atoms with van der Waals surface area (Å²) in [5.74, 6) is -0.901. The van der Waals surface area contributed by atoms with Crippen LogP contribution in [0, 0.1) is 5.82 Å². The molecule has 0 fully saturated rings. The highest BCUT2D eigenvalue weighted by Gasteiger charge is 2.20. The zero-order valence-electron chi connectivity index (χ0n) is 10.8. The van der Waals surface area contributed by atoms with Crippen molar-refractivity contribution < 1.29 is 23.5 Å². The minimum absolute atomic E-state index is 0.132. The Bertz CT molecular complexity index is 571. The van der Waals surface area contributed by atoms with Gasteiger partial charge < -0.3 is 9.47 Å². The Hall–Kier alpha value is -2.44. The number of nitrogens with one attached hydrogen (secondary N) is 1. The first-order chi connectivity index (χ1) is 9.60. The van der Waals surface area contributed by atoms with Crippen LogP contribution in [0.25, 0.3) is 0 Å². The number of nitrogens with zero attached hydrogens (tertiary/aromatic N) is 1. The number of halogens is 1. The summed E-state index contributed by atoms with van der Waals surface area (Å²) in [5, 5.41) is 3.62. The molecule has 2 rings (SSSR count). The van der Waals surface area contributed by atoms with Crippen molar-refractivity contribution in [2.24, 2.45) is 5.10 Å². The van der Waals surface area contributed by atoms with Crippen LogP contribution in [0.4, 0.5) is 4.39 Å². The molecule has 0 atom stereocenters. The third kappa shape index (κ3) is 3.31. The van der Waals surface area contributed by atoms with Crippen molar-refractivity contribution >= 4 is 17.6 Å². The Morgan fingerprint density at radius 2 is 2.25 bits per heavy atom. The van der Waals surface area contributed by atoms with Crippen LogP contribution in [0.1, 0.15) is 18.4 Å². The standard InChI is InChI=1S/C13H13FN2O4/c1-19-11-4-2-9(14)6-8(11)7-20-13(18)10-3-5-12(17)16-15-10/h2,4,6H,3,5,7H2,1H3,(H,16,17). The molecule has 1 aromatic carbocycles. The fourth-order valence-electron chi connectivity index (χ4n) is 1.71. The van der Waals surface area contributed by atoms with E-state index in [2.05, 4.69) is 10.5 Å². The van der Waals surface area contributed by atoms with Crippen molar-refractivity contribution in [3.05, 3.63) is 29.6 Å². The predicted octanol–water partition coefficient (Wildman–Crippen LogP) is 1.14. The highest BCUT2D eigenvalue weighted by Crippen LogP contribution is 2.20. The first-order valence-electron chi connectivity index (χ1n) is 5.95. The lowest BCUT2D eigenvalue weighted by atomic mass is 10.2. The molecule has 1 N–H and O–H groups in total. The number of esters is 1. The van der Waals surface area contributed by atoms with Crippen molar-refractivity contribution in [1.29, 1.82) is 0 Å². The Morgan fingerprint density at radius 1 is 1.45 bits per heavy atom. The largest absolute Gasteiger partial charge is 0.496 e. The van der Waals surface area contributed by atoms with Gasteiger partial charge in [0.05, 0.1) is 7.11 Å². The van der Waals surface area contributed by atoms with E-state index >= 15 is 0 Å². The maximum atomic E-state index is 13.1. The number of amides is 1. The number of rotatable bonds is 4. The zero-order valence-corrected chi connectivity index (χ0v) is 10.8. The van der Waals surface area contributed by atoms with E-state index in [0.29, 0.717) is 11.3 Å². The molecule has 1 aliphatic heterocycles. The van der Waals surface area contributed by atoms with Gasteiger partial charge in [-0.25, -0.2) is 14.6 Å². The summed E-state index contributed by atoms with van der Waals surface area (Å²) in [7, 11) is 1.44.